The Morgan fingerprint density at radius 2 is 1.15 bits per heavy atom. The van der Waals surface area contributed by atoms with Crippen LogP contribution in [0.3, 0.4) is 0 Å². The van der Waals surface area contributed by atoms with Gasteiger partial charge in [-0.05, 0) is 64.2 Å². The number of aryl methyl sites for hydroxylation is 2. The summed E-state index contributed by atoms with van der Waals surface area (Å²) in [6.07, 6.45) is 21.7. The first-order chi connectivity index (χ1) is 32.7. The second kappa shape index (κ2) is 17.0. The van der Waals surface area contributed by atoms with Crippen molar-refractivity contribution in [3.05, 3.63) is 198 Å². The number of nitrogens with zero attached hydrogens (tertiary/aromatic N) is 8. The largest absolute Gasteiger partial charge is 0.429 e. The molecular formula is C56H38F3IrN8-3. The Morgan fingerprint density at radius 3 is 1.63 bits per heavy atom. The number of para-hydroxylation sites is 4. The van der Waals surface area contributed by atoms with Gasteiger partial charge in [-0.1, -0.05) is 127 Å². The molecule has 4 aromatic heterocycles. The molecule has 4 aliphatic carbocycles. The minimum atomic E-state index is -4.57. The third-order valence-corrected chi connectivity index (χ3v) is 13.0. The molecule has 0 fully saturated rings. The van der Waals surface area contributed by atoms with E-state index in [-0.39, 0.29) is 31.6 Å². The van der Waals surface area contributed by atoms with Crippen LogP contribution in [0, 0.1) is 24.8 Å². The fraction of sp³-hybridized carbons (Fsp3) is 0.125. The summed E-state index contributed by atoms with van der Waals surface area (Å²) in [5, 5.41) is 11.6. The van der Waals surface area contributed by atoms with Crippen LogP contribution in [0.2, 0.25) is 0 Å². The van der Waals surface area contributed by atoms with E-state index >= 15 is 0 Å². The Hall–Kier alpha value is -7.53. The molecule has 0 saturated heterocycles. The van der Waals surface area contributed by atoms with E-state index in [4.69, 9.17) is 0 Å². The number of aromatic nitrogens is 8. The Balaban J connectivity index is 0.000000116. The van der Waals surface area contributed by atoms with Crippen molar-refractivity contribution in [2.45, 2.75) is 31.9 Å². The van der Waals surface area contributed by atoms with Crippen LogP contribution in [-0.4, -0.2) is 24.2 Å². The Morgan fingerprint density at radius 1 is 0.632 bits per heavy atom. The van der Waals surface area contributed by atoms with Crippen LogP contribution < -0.4 is 14.2 Å². The molecule has 0 N–H and O–H groups in total. The molecule has 0 bridgehead atoms. The zero-order valence-electron chi connectivity index (χ0n) is 36.7. The summed E-state index contributed by atoms with van der Waals surface area (Å²) in [6, 6.07) is 42.1. The van der Waals surface area contributed by atoms with E-state index < -0.39 is 12.0 Å². The molecule has 6 aromatic carbocycles. The van der Waals surface area contributed by atoms with E-state index in [9.17, 15) is 13.2 Å². The molecule has 4 aliphatic rings. The Kier molecular flexibility index (Phi) is 10.7. The van der Waals surface area contributed by atoms with Gasteiger partial charge >= 0.3 is 6.18 Å². The minimum Gasteiger partial charge on any atom is -0.413 e. The van der Waals surface area contributed by atoms with Crippen molar-refractivity contribution in [1.29, 1.82) is 0 Å². The maximum atomic E-state index is 12.1. The number of imidazole rings is 2. The Bertz CT molecular complexity index is 3570. The number of benzene rings is 6. The molecule has 0 amide bonds. The molecule has 10 aromatic rings. The summed E-state index contributed by atoms with van der Waals surface area (Å²) in [7, 11) is 4.10. The molecule has 68 heavy (non-hydrogen) atoms. The maximum absolute atomic E-state index is 12.1. The minimum absolute atomic E-state index is 0. The van der Waals surface area contributed by atoms with Gasteiger partial charge in [-0.15, -0.1) is 44.8 Å². The van der Waals surface area contributed by atoms with Crippen LogP contribution in [0.4, 0.5) is 13.2 Å². The first kappa shape index (κ1) is 43.1. The maximum Gasteiger partial charge on any atom is 0.429 e. The second-order valence-electron chi connectivity index (χ2n) is 16.9. The number of pyridine rings is 1. The van der Waals surface area contributed by atoms with E-state index in [1.54, 1.807) is 12.1 Å². The van der Waals surface area contributed by atoms with Gasteiger partial charge in [-0.2, -0.15) is 37.4 Å². The SMILES string of the molecule is C[n+]1[c-]n(-c2[c-]cc3c4c5c(ccc24)C=CCC5=CC3)c2ccccc21.C[n+]1[c-]n(-c2[c-]cc3c4c5c(ccc24)C=CCC5=CC3)c2ccccc21.FC(F)(F)c1n[n-]c(-c2ccccn2)n1.[Ir]. The van der Waals surface area contributed by atoms with E-state index in [1.807, 2.05) is 14.1 Å². The van der Waals surface area contributed by atoms with E-state index in [0.717, 1.165) is 48.1 Å². The molecular weight excluding hydrogens is 1030 g/mol. The van der Waals surface area contributed by atoms with Gasteiger partial charge in [0.15, 0.2) is 0 Å². The van der Waals surface area contributed by atoms with Crippen LogP contribution in [0.5, 0.6) is 0 Å². The van der Waals surface area contributed by atoms with Crippen molar-refractivity contribution < 1.29 is 42.4 Å². The van der Waals surface area contributed by atoms with Crippen molar-refractivity contribution in [3.63, 3.8) is 0 Å². The summed E-state index contributed by atoms with van der Waals surface area (Å²) in [6.45, 7) is 0. The predicted molar refractivity (Wildman–Crippen MR) is 254 cm³/mol. The van der Waals surface area contributed by atoms with Crippen LogP contribution in [-0.2, 0) is 53.2 Å². The van der Waals surface area contributed by atoms with Gasteiger partial charge in [-0.25, -0.2) is 0 Å². The number of allylic oxidation sites excluding steroid dienone is 6. The average Bonchev–Trinajstić information content (AvgIpc) is 4.10. The zero-order valence-corrected chi connectivity index (χ0v) is 39.1. The third kappa shape index (κ3) is 7.23. The van der Waals surface area contributed by atoms with Gasteiger partial charge in [0, 0.05) is 26.3 Å². The van der Waals surface area contributed by atoms with Crippen molar-refractivity contribution in [3.8, 4) is 22.9 Å². The predicted octanol–water partition coefficient (Wildman–Crippen LogP) is 10.6. The first-order valence-corrected chi connectivity index (χ1v) is 22.1. The molecule has 0 unspecified atom stereocenters. The van der Waals surface area contributed by atoms with Crippen molar-refractivity contribution in [2.75, 3.05) is 0 Å². The number of rotatable bonds is 3. The van der Waals surface area contributed by atoms with Crippen LogP contribution in [0.15, 0.2) is 134 Å². The molecule has 4 heterocycles. The van der Waals surface area contributed by atoms with E-state index in [2.05, 4.69) is 185 Å². The molecule has 0 spiro atoms. The molecule has 12 heteroatoms. The van der Waals surface area contributed by atoms with Crippen molar-refractivity contribution in [2.24, 2.45) is 14.1 Å². The normalized spacial score (nSPS) is 14.0. The standard InChI is InChI=1S/2C24H17N2.C8H4F3N4.Ir/c2*1-25-15-26(22-8-3-2-7-21(22)25)20-14-12-18-10-9-16-5-4-6-17-11-13-19(20)24(18)23(16)17;9-8(10,11)7-13-6(14-15-7)5-3-1-2-4-12-5;/h2*2-4,6-9,11-13H,5,10H2,1H3;1-4H;/q3*-1;. The summed E-state index contributed by atoms with van der Waals surface area (Å²) < 4.78 is 44.8. The molecule has 0 saturated carbocycles. The summed E-state index contributed by atoms with van der Waals surface area (Å²) in [5.74, 6) is -1.37. The van der Waals surface area contributed by atoms with Crippen molar-refractivity contribution >= 4 is 66.9 Å². The Labute approximate surface area is 403 Å². The third-order valence-electron chi connectivity index (χ3n) is 13.0. The fourth-order valence-corrected chi connectivity index (χ4v) is 9.93. The molecule has 14 rings (SSSR count). The quantitative estimate of drug-likeness (QED) is 0.131. The van der Waals surface area contributed by atoms with Crippen LogP contribution >= 0.6 is 0 Å². The monoisotopic (exact) mass is 1070 g/mol. The van der Waals surface area contributed by atoms with Gasteiger partial charge in [-0.3, -0.25) is 10.1 Å². The summed E-state index contributed by atoms with van der Waals surface area (Å²) in [4.78, 5) is 7.05. The second-order valence-corrected chi connectivity index (χ2v) is 16.9. The topological polar surface area (TPSA) is 70.4 Å². The number of hydrogen-bond donors (Lipinski definition) is 0. The molecule has 335 valence electrons. The number of hydrogen-bond acceptors (Lipinski definition) is 3. The first-order valence-electron chi connectivity index (χ1n) is 22.1. The fourth-order valence-electron chi connectivity index (χ4n) is 9.93. The van der Waals surface area contributed by atoms with Gasteiger partial charge in [0.2, 0.25) is 12.7 Å². The molecule has 0 atom stereocenters. The number of halogens is 3. The van der Waals surface area contributed by atoms with Gasteiger partial charge in [0.05, 0.1) is 41.9 Å². The molecule has 8 nitrogen and oxygen atoms in total. The van der Waals surface area contributed by atoms with Gasteiger partial charge in [0.25, 0.3) is 0 Å². The average molecular weight is 1070 g/mol. The van der Waals surface area contributed by atoms with Gasteiger partial charge in [0.1, 0.15) is 5.82 Å². The van der Waals surface area contributed by atoms with Gasteiger partial charge < -0.3 is 28.4 Å². The summed E-state index contributed by atoms with van der Waals surface area (Å²) in [5.41, 5.74) is 18.3. The van der Waals surface area contributed by atoms with Crippen LogP contribution in [0.25, 0.3) is 89.8 Å². The number of alkyl halides is 3. The summed E-state index contributed by atoms with van der Waals surface area (Å²) >= 11 is 0. The molecule has 0 aliphatic heterocycles. The van der Waals surface area contributed by atoms with Crippen LogP contribution in [0.1, 0.15) is 52.0 Å². The zero-order chi connectivity index (χ0) is 45.4. The molecule has 1 radical (unpaired) electrons. The van der Waals surface area contributed by atoms with E-state index in [0.29, 0.717) is 0 Å². The number of fused-ring (bicyclic) bond motifs is 2. The van der Waals surface area contributed by atoms with Crippen molar-refractivity contribution in [1.82, 2.24) is 29.3 Å². The van der Waals surface area contributed by atoms with E-state index in [1.165, 1.54) is 89.4 Å². The smallest absolute Gasteiger partial charge is 0.413 e.